The van der Waals surface area contributed by atoms with Crippen molar-refractivity contribution in [3.8, 4) is 0 Å². The molecule has 0 rings (SSSR count). The molecule has 0 aromatic heterocycles. The Bertz CT molecular complexity index is 195. The summed E-state index contributed by atoms with van der Waals surface area (Å²) >= 11 is 0. The summed E-state index contributed by atoms with van der Waals surface area (Å²) in [5.41, 5.74) is 0. The van der Waals surface area contributed by atoms with Crippen molar-refractivity contribution in [2.45, 2.75) is 11.8 Å². The van der Waals surface area contributed by atoms with Crippen LogP contribution in [0.15, 0.2) is 0 Å². The monoisotopic (exact) mass is 227 g/mol. The Hall–Kier alpha value is 1.30. The van der Waals surface area contributed by atoms with Gasteiger partial charge in [-0.3, -0.25) is 9.13 Å². The SMILES string of the molecule is [CH2]CC(P(=O)(O)O)P(=O)(O)O.[NaH]. The van der Waals surface area contributed by atoms with Gasteiger partial charge in [-0.25, -0.2) is 0 Å². The van der Waals surface area contributed by atoms with Gasteiger partial charge in [-0.15, -0.1) is 0 Å². The summed E-state index contributed by atoms with van der Waals surface area (Å²) in [6.07, 6.45) is -0.492. The van der Waals surface area contributed by atoms with Crippen molar-refractivity contribution < 1.29 is 28.7 Å². The van der Waals surface area contributed by atoms with Gasteiger partial charge in [0.25, 0.3) is 0 Å². The Morgan fingerprint density at radius 2 is 1.33 bits per heavy atom. The third kappa shape index (κ3) is 5.12. The number of hydrogen-bond donors (Lipinski definition) is 4. The Morgan fingerprint density at radius 1 is 1.08 bits per heavy atom. The first-order valence-corrected chi connectivity index (χ1v) is 5.95. The molecular weight excluding hydrogens is 217 g/mol. The normalized spacial score (nSPS) is 12.8. The quantitative estimate of drug-likeness (QED) is 0.372. The summed E-state index contributed by atoms with van der Waals surface area (Å²) < 4.78 is 20.7. The molecule has 0 aliphatic heterocycles. The molecular formula is C3H10NaO6P2. The van der Waals surface area contributed by atoms with Gasteiger partial charge in [0.2, 0.25) is 0 Å². The van der Waals surface area contributed by atoms with E-state index in [1.807, 2.05) is 0 Å². The second-order valence-electron chi connectivity index (χ2n) is 1.95. The Morgan fingerprint density at radius 3 is 1.33 bits per heavy atom. The molecule has 9 heteroatoms. The first-order valence-electron chi connectivity index (χ1n) is 2.59. The minimum absolute atomic E-state index is 0. The van der Waals surface area contributed by atoms with Crippen LogP contribution < -0.4 is 0 Å². The molecule has 0 fully saturated rings. The average Bonchev–Trinajstić information content (AvgIpc) is 1.56. The Labute approximate surface area is 92.0 Å². The van der Waals surface area contributed by atoms with Gasteiger partial charge >= 0.3 is 44.7 Å². The van der Waals surface area contributed by atoms with Crippen molar-refractivity contribution in [1.82, 2.24) is 0 Å². The van der Waals surface area contributed by atoms with Crippen molar-refractivity contribution in [2.75, 3.05) is 0 Å². The van der Waals surface area contributed by atoms with Crippen LogP contribution in [0.2, 0.25) is 0 Å². The zero-order valence-electron chi connectivity index (χ0n) is 5.49. The third-order valence-corrected chi connectivity index (χ3v) is 4.91. The van der Waals surface area contributed by atoms with E-state index in [-0.39, 0.29) is 29.6 Å². The van der Waals surface area contributed by atoms with Crippen LogP contribution in [0.1, 0.15) is 6.42 Å². The van der Waals surface area contributed by atoms with Crippen LogP contribution in [0.5, 0.6) is 0 Å². The molecule has 0 bridgehead atoms. The maximum atomic E-state index is 10.4. The molecule has 6 nitrogen and oxygen atoms in total. The van der Waals surface area contributed by atoms with Crippen molar-refractivity contribution >= 4 is 44.7 Å². The summed E-state index contributed by atoms with van der Waals surface area (Å²) in [6, 6.07) is 0. The predicted molar refractivity (Wildman–Crippen MR) is 45.0 cm³/mol. The molecule has 0 aliphatic rings. The van der Waals surface area contributed by atoms with Crippen molar-refractivity contribution in [2.24, 2.45) is 0 Å². The standard InChI is InChI=1S/C3H9O6P2.Na.H/c1-2-3(10(4,5)6)11(7,8)9;;/h3H,1-2H2,(H2,4,5,6)(H2,7,8,9);;. The summed E-state index contributed by atoms with van der Waals surface area (Å²) in [4.78, 5) is 33.6. The van der Waals surface area contributed by atoms with Gasteiger partial charge in [0.05, 0.1) is 0 Å². The second-order valence-corrected chi connectivity index (χ2v) is 5.96. The average molecular weight is 227 g/mol. The first-order chi connectivity index (χ1) is 4.69. The van der Waals surface area contributed by atoms with Crippen molar-refractivity contribution in [1.29, 1.82) is 0 Å². The van der Waals surface area contributed by atoms with E-state index in [9.17, 15) is 9.13 Å². The van der Waals surface area contributed by atoms with Crippen LogP contribution >= 0.6 is 15.2 Å². The van der Waals surface area contributed by atoms with Crippen LogP contribution in [0, 0.1) is 6.92 Å². The second kappa shape index (κ2) is 5.25. The summed E-state index contributed by atoms with van der Waals surface area (Å²) in [7, 11) is -9.45. The van der Waals surface area contributed by atoms with E-state index >= 15 is 0 Å². The zero-order valence-corrected chi connectivity index (χ0v) is 7.28. The molecule has 0 aromatic carbocycles. The first kappa shape index (κ1) is 15.8. The zero-order chi connectivity index (χ0) is 9.28. The van der Waals surface area contributed by atoms with Gasteiger partial charge in [0.15, 0.2) is 5.40 Å². The van der Waals surface area contributed by atoms with Crippen LogP contribution in [0.25, 0.3) is 0 Å². The third-order valence-electron chi connectivity index (χ3n) is 1.03. The van der Waals surface area contributed by atoms with Crippen LogP contribution in [-0.4, -0.2) is 54.5 Å². The van der Waals surface area contributed by atoms with Gasteiger partial charge in [-0.05, 0) is 6.42 Å². The van der Waals surface area contributed by atoms with E-state index in [4.69, 9.17) is 19.6 Å². The van der Waals surface area contributed by atoms with E-state index in [0.29, 0.717) is 0 Å². The van der Waals surface area contributed by atoms with Gasteiger partial charge < -0.3 is 19.6 Å². The summed E-state index contributed by atoms with van der Waals surface area (Å²) in [6.45, 7) is 3.03. The fourth-order valence-electron chi connectivity index (χ4n) is 0.532. The molecule has 4 N–H and O–H groups in total. The molecule has 0 heterocycles. The summed E-state index contributed by atoms with van der Waals surface area (Å²) in [5, 5.41) is -1.96. The van der Waals surface area contributed by atoms with Gasteiger partial charge in [0, 0.05) is 0 Å². The molecule has 1 radical (unpaired) electrons. The van der Waals surface area contributed by atoms with Crippen molar-refractivity contribution in [3.63, 3.8) is 0 Å². The van der Waals surface area contributed by atoms with E-state index in [1.54, 1.807) is 0 Å². The van der Waals surface area contributed by atoms with Crippen molar-refractivity contribution in [3.05, 3.63) is 6.92 Å². The van der Waals surface area contributed by atoms with E-state index in [0.717, 1.165) is 0 Å². The molecule has 0 unspecified atom stereocenters. The van der Waals surface area contributed by atoms with Gasteiger partial charge in [0.1, 0.15) is 0 Å². The molecule has 0 atom stereocenters. The van der Waals surface area contributed by atoms with E-state index in [1.165, 1.54) is 0 Å². The van der Waals surface area contributed by atoms with E-state index < -0.39 is 27.0 Å². The molecule has 0 aliphatic carbocycles. The van der Waals surface area contributed by atoms with Crippen LogP contribution in [0.4, 0.5) is 0 Å². The van der Waals surface area contributed by atoms with Gasteiger partial charge in [-0.1, -0.05) is 6.92 Å². The molecule has 0 aromatic rings. The fourth-order valence-corrected chi connectivity index (χ4v) is 2.77. The number of rotatable bonds is 3. The van der Waals surface area contributed by atoms with Gasteiger partial charge in [-0.2, -0.15) is 0 Å². The molecule has 12 heavy (non-hydrogen) atoms. The molecule has 0 spiro atoms. The molecule has 0 saturated heterocycles. The molecule has 69 valence electrons. The summed E-state index contributed by atoms with van der Waals surface area (Å²) in [5.74, 6) is 0. The maximum absolute atomic E-state index is 10.4. The van der Waals surface area contributed by atoms with Crippen LogP contribution in [0.3, 0.4) is 0 Å². The molecule has 0 amide bonds. The number of hydrogen-bond acceptors (Lipinski definition) is 2. The topological polar surface area (TPSA) is 115 Å². The Balaban J connectivity index is 0. The van der Waals surface area contributed by atoms with Crippen LogP contribution in [-0.2, 0) is 9.13 Å². The fraction of sp³-hybridized carbons (Fsp3) is 0.667. The predicted octanol–water partition coefficient (Wildman–Crippen LogP) is -0.756. The van der Waals surface area contributed by atoms with E-state index in [2.05, 4.69) is 6.92 Å². The molecule has 0 saturated carbocycles. The minimum atomic E-state index is -4.72. The Kier molecular flexibility index (Phi) is 6.89.